The molecular formula is C25H22FN5O3S2. The van der Waals surface area contributed by atoms with Crippen LogP contribution < -0.4 is 15.0 Å². The van der Waals surface area contributed by atoms with Gasteiger partial charge in [-0.1, -0.05) is 23.9 Å². The third-order valence-corrected chi connectivity index (χ3v) is 7.69. The van der Waals surface area contributed by atoms with Gasteiger partial charge in [-0.3, -0.25) is 9.36 Å². The second-order valence-electron chi connectivity index (χ2n) is 7.91. The average Bonchev–Trinajstić information content (AvgIpc) is 3.41. The van der Waals surface area contributed by atoms with Crippen LogP contribution in [0.15, 0.2) is 58.5 Å². The zero-order valence-corrected chi connectivity index (χ0v) is 21.4. The Kier molecular flexibility index (Phi) is 6.75. The fourth-order valence-corrected chi connectivity index (χ4v) is 5.57. The maximum atomic E-state index is 14.8. The molecule has 0 spiro atoms. The Morgan fingerprint density at radius 1 is 1.08 bits per heavy atom. The number of nitrogens with zero attached hydrogens (tertiary/aromatic N) is 4. The number of para-hydroxylation sites is 1. The van der Waals surface area contributed by atoms with Gasteiger partial charge in [-0.2, -0.15) is 0 Å². The Hall–Kier alpha value is -3.70. The van der Waals surface area contributed by atoms with Crippen molar-refractivity contribution in [1.82, 2.24) is 24.7 Å². The van der Waals surface area contributed by atoms with Gasteiger partial charge in [0.2, 0.25) is 0 Å². The number of aromatic nitrogens is 5. The van der Waals surface area contributed by atoms with Crippen molar-refractivity contribution in [2.45, 2.75) is 31.4 Å². The summed E-state index contributed by atoms with van der Waals surface area (Å²) in [4.78, 5) is 21.9. The summed E-state index contributed by atoms with van der Waals surface area (Å²) in [6.45, 7) is 3.97. The molecule has 3 aromatic heterocycles. The molecule has 0 unspecified atom stereocenters. The molecule has 0 aliphatic carbocycles. The van der Waals surface area contributed by atoms with Crippen molar-refractivity contribution in [3.05, 3.63) is 86.8 Å². The predicted octanol–water partition coefficient (Wildman–Crippen LogP) is 5.20. The number of aromatic amines is 1. The topological polar surface area (TPSA) is 94.9 Å². The number of nitrogens with one attached hydrogen (secondary N) is 1. The smallest absolute Gasteiger partial charge is 0.259 e. The molecule has 0 atom stereocenters. The number of methoxy groups -OCH3 is 1. The van der Waals surface area contributed by atoms with E-state index in [1.807, 2.05) is 13.8 Å². The number of thiophene rings is 1. The van der Waals surface area contributed by atoms with Gasteiger partial charge in [0.1, 0.15) is 34.6 Å². The molecule has 0 amide bonds. The van der Waals surface area contributed by atoms with Crippen molar-refractivity contribution >= 4 is 33.3 Å². The Labute approximate surface area is 214 Å². The number of ether oxygens (including phenoxy) is 2. The lowest BCUT2D eigenvalue weighted by atomic mass is 10.2. The molecule has 36 heavy (non-hydrogen) atoms. The minimum atomic E-state index is -0.415. The fourth-order valence-electron chi connectivity index (χ4n) is 3.68. The SMILES string of the molecule is COc1ccc(OCc2nnc(SCc3nc4sc(C)c(C)c4c(=O)[nH]3)n2-c2ccccc2F)cc1. The van der Waals surface area contributed by atoms with E-state index < -0.39 is 5.82 Å². The first-order valence-electron chi connectivity index (χ1n) is 11.0. The first-order valence-corrected chi connectivity index (χ1v) is 12.8. The second kappa shape index (κ2) is 10.1. The Morgan fingerprint density at radius 2 is 1.83 bits per heavy atom. The van der Waals surface area contributed by atoms with Crippen molar-refractivity contribution < 1.29 is 13.9 Å². The molecule has 11 heteroatoms. The van der Waals surface area contributed by atoms with Gasteiger partial charge in [0.05, 0.1) is 23.9 Å². The molecule has 0 saturated carbocycles. The lowest BCUT2D eigenvalue weighted by Gasteiger charge is -2.12. The zero-order chi connectivity index (χ0) is 25.2. The number of hydrogen-bond acceptors (Lipinski definition) is 8. The Bertz CT molecular complexity index is 1590. The number of fused-ring (bicyclic) bond motifs is 1. The highest BCUT2D eigenvalue weighted by Crippen LogP contribution is 2.29. The van der Waals surface area contributed by atoms with E-state index in [9.17, 15) is 9.18 Å². The van der Waals surface area contributed by atoms with Gasteiger partial charge in [0.25, 0.3) is 5.56 Å². The van der Waals surface area contributed by atoms with Crippen LogP contribution in [0.4, 0.5) is 4.39 Å². The summed E-state index contributed by atoms with van der Waals surface area (Å²) in [5.41, 5.74) is 1.09. The van der Waals surface area contributed by atoms with E-state index in [2.05, 4.69) is 20.2 Å². The maximum Gasteiger partial charge on any atom is 0.259 e. The number of benzene rings is 2. The number of thioether (sulfide) groups is 1. The molecule has 8 nitrogen and oxygen atoms in total. The summed E-state index contributed by atoms with van der Waals surface area (Å²) >= 11 is 2.80. The number of hydrogen-bond donors (Lipinski definition) is 1. The van der Waals surface area contributed by atoms with Crippen LogP contribution in [0.25, 0.3) is 15.9 Å². The van der Waals surface area contributed by atoms with Crippen LogP contribution >= 0.6 is 23.1 Å². The minimum Gasteiger partial charge on any atom is -0.497 e. The quantitative estimate of drug-likeness (QED) is 0.279. The molecule has 2 aromatic carbocycles. The summed E-state index contributed by atoms with van der Waals surface area (Å²) in [6, 6.07) is 13.6. The molecular weight excluding hydrogens is 501 g/mol. The third-order valence-electron chi connectivity index (χ3n) is 5.65. The highest BCUT2D eigenvalue weighted by atomic mass is 32.2. The first kappa shape index (κ1) is 24.0. The van der Waals surface area contributed by atoms with Crippen LogP contribution in [0.5, 0.6) is 11.5 Å². The Balaban J connectivity index is 1.43. The molecule has 0 fully saturated rings. The van der Waals surface area contributed by atoms with Crippen LogP contribution in [0.3, 0.4) is 0 Å². The first-order chi connectivity index (χ1) is 17.4. The van der Waals surface area contributed by atoms with Crippen LogP contribution in [0.2, 0.25) is 0 Å². The van der Waals surface area contributed by atoms with Crippen LogP contribution in [-0.4, -0.2) is 31.8 Å². The molecule has 1 N–H and O–H groups in total. The van der Waals surface area contributed by atoms with E-state index in [4.69, 9.17) is 9.47 Å². The van der Waals surface area contributed by atoms with Crippen LogP contribution in [0.1, 0.15) is 22.1 Å². The molecule has 0 aliphatic rings. The van der Waals surface area contributed by atoms with E-state index in [0.717, 1.165) is 10.4 Å². The van der Waals surface area contributed by atoms with Crippen molar-refractivity contribution in [1.29, 1.82) is 0 Å². The van der Waals surface area contributed by atoms with Crippen molar-refractivity contribution in [2.24, 2.45) is 0 Å². The highest BCUT2D eigenvalue weighted by Gasteiger charge is 2.19. The van der Waals surface area contributed by atoms with Gasteiger partial charge in [-0.25, -0.2) is 9.37 Å². The highest BCUT2D eigenvalue weighted by molar-refractivity contribution is 7.98. The summed E-state index contributed by atoms with van der Waals surface area (Å²) in [5, 5.41) is 9.62. The number of aryl methyl sites for hydroxylation is 2. The van der Waals surface area contributed by atoms with E-state index in [-0.39, 0.29) is 12.2 Å². The molecule has 3 heterocycles. The normalized spacial score (nSPS) is 11.2. The Morgan fingerprint density at radius 3 is 2.58 bits per heavy atom. The molecule has 5 aromatic rings. The summed E-state index contributed by atoms with van der Waals surface area (Å²) in [5.74, 6) is 2.19. The van der Waals surface area contributed by atoms with Gasteiger partial charge < -0.3 is 14.5 Å². The monoisotopic (exact) mass is 523 g/mol. The van der Waals surface area contributed by atoms with E-state index >= 15 is 0 Å². The van der Waals surface area contributed by atoms with E-state index in [1.54, 1.807) is 54.1 Å². The standard InChI is InChI=1S/C25H22FN5O3S2/c1-14-15(2)36-24-22(14)23(32)27-20(28-24)13-35-25-30-29-21(31(25)19-7-5-4-6-18(19)26)12-34-17-10-8-16(33-3)9-11-17/h4-11H,12-13H2,1-3H3,(H,27,28,32). The molecule has 0 saturated heterocycles. The number of halogens is 1. The van der Waals surface area contributed by atoms with Crippen molar-refractivity contribution in [3.63, 3.8) is 0 Å². The van der Waals surface area contributed by atoms with Gasteiger partial charge in [0, 0.05) is 4.88 Å². The second-order valence-corrected chi connectivity index (χ2v) is 10.1. The summed E-state index contributed by atoms with van der Waals surface area (Å²) < 4.78 is 27.5. The molecule has 5 rings (SSSR count). The van der Waals surface area contributed by atoms with Crippen LogP contribution in [0, 0.1) is 19.7 Å². The van der Waals surface area contributed by atoms with E-state index in [0.29, 0.717) is 50.0 Å². The van der Waals surface area contributed by atoms with Gasteiger partial charge >= 0.3 is 0 Å². The molecule has 184 valence electrons. The lowest BCUT2D eigenvalue weighted by molar-refractivity contribution is 0.292. The van der Waals surface area contributed by atoms with Gasteiger partial charge in [0.15, 0.2) is 11.0 Å². The van der Waals surface area contributed by atoms with Crippen molar-refractivity contribution in [3.8, 4) is 17.2 Å². The molecule has 0 bridgehead atoms. The maximum absolute atomic E-state index is 14.8. The average molecular weight is 524 g/mol. The number of rotatable bonds is 8. The predicted molar refractivity (Wildman–Crippen MR) is 138 cm³/mol. The van der Waals surface area contributed by atoms with Crippen LogP contribution in [-0.2, 0) is 12.4 Å². The molecule has 0 aliphatic heterocycles. The largest absolute Gasteiger partial charge is 0.497 e. The summed E-state index contributed by atoms with van der Waals surface area (Å²) in [7, 11) is 1.59. The fraction of sp³-hybridized carbons (Fsp3) is 0.200. The van der Waals surface area contributed by atoms with E-state index in [1.165, 1.54) is 29.2 Å². The van der Waals surface area contributed by atoms with Crippen molar-refractivity contribution in [2.75, 3.05) is 7.11 Å². The molecule has 0 radical (unpaired) electrons. The third kappa shape index (κ3) is 4.71. The number of H-pyrrole nitrogens is 1. The lowest BCUT2D eigenvalue weighted by Crippen LogP contribution is -2.11. The summed E-state index contributed by atoms with van der Waals surface area (Å²) in [6.07, 6.45) is 0. The van der Waals surface area contributed by atoms with Gasteiger partial charge in [-0.05, 0) is 55.8 Å². The minimum absolute atomic E-state index is 0.0724. The zero-order valence-electron chi connectivity index (χ0n) is 19.7. The van der Waals surface area contributed by atoms with Gasteiger partial charge in [-0.15, -0.1) is 21.5 Å².